The van der Waals surface area contributed by atoms with E-state index < -0.39 is 11.2 Å². The lowest BCUT2D eigenvalue weighted by Crippen LogP contribution is -2.34. The topological polar surface area (TPSA) is 128 Å². The maximum Gasteiger partial charge on any atom is 0.348 e. The van der Waals surface area contributed by atoms with Gasteiger partial charge in [0.2, 0.25) is 12.7 Å². The first kappa shape index (κ1) is 36.9. The molecule has 10 nitrogen and oxygen atoms in total. The number of likely N-dealkylation sites (tertiary alicyclic amines) is 1. The summed E-state index contributed by atoms with van der Waals surface area (Å²) in [7, 11) is 1.52. The first-order chi connectivity index (χ1) is 25.5. The molecule has 0 bridgehead atoms. The molecule has 1 aromatic heterocycles. The van der Waals surface area contributed by atoms with Gasteiger partial charge in [-0.2, -0.15) is 0 Å². The Bertz CT molecular complexity index is 2180. The van der Waals surface area contributed by atoms with Gasteiger partial charge in [0.1, 0.15) is 39.5 Å². The van der Waals surface area contributed by atoms with E-state index in [1.165, 1.54) is 25.7 Å². The Balaban J connectivity index is 0.000000198. The number of methoxy groups -OCH3 is 1. The summed E-state index contributed by atoms with van der Waals surface area (Å²) in [6.07, 6.45) is 17.0. The van der Waals surface area contributed by atoms with Gasteiger partial charge in [-0.15, -0.1) is 0 Å². The summed E-state index contributed by atoms with van der Waals surface area (Å²) in [5.74, 6) is 2.43. The van der Waals surface area contributed by atoms with Crippen molar-refractivity contribution in [2.24, 2.45) is 0 Å². The van der Waals surface area contributed by atoms with E-state index in [0.717, 1.165) is 54.1 Å². The van der Waals surface area contributed by atoms with Crippen molar-refractivity contribution in [2.45, 2.75) is 59.0 Å². The molecular weight excluding hydrogens is 674 g/mol. The van der Waals surface area contributed by atoms with Crippen LogP contribution < -0.4 is 24.6 Å². The lowest BCUT2D eigenvalue weighted by Gasteiger charge is -2.31. The van der Waals surface area contributed by atoms with Crippen LogP contribution in [0.2, 0.25) is 0 Å². The van der Waals surface area contributed by atoms with E-state index in [1.807, 2.05) is 75.1 Å². The quantitative estimate of drug-likeness (QED) is 0.0836. The summed E-state index contributed by atoms with van der Waals surface area (Å²) < 4.78 is 28.4. The monoisotopic (exact) mass is 719 g/mol. The number of carbonyl (C=O) groups excluding carboxylic acids is 1. The van der Waals surface area contributed by atoms with Crippen molar-refractivity contribution in [3.63, 3.8) is 0 Å². The molecule has 0 radical (unpaired) electrons. The molecular formula is C43H45NO9. The molecule has 7 rings (SSSR count). The van der Waals surface area contributed by atoms with Crippen LogP contribution in [0, 0.1) is 0 Å². The maximum absolute atomic E-state index is 12.9. The van der Waals surface area contributed by atoms with Gasteiger partial charge >= 0.3 is 5.63 Å². The molecule has 10 heteroatoms. The van der Waals surface area contributed by atoms with Gasteiger partial charge in [-0.25, -0.2) is 4.79 Å². The minimum atomic E-state index is -0.694. The molecule has 1 amide bonds. The minimum Gasteiger partial charge on any atom is -0.508 e. The third-order valence-corrected chi connectivity index (χ3v) is 9.16. The second-order valence-corrected chi connectivity index (χ2v) is 13.9. The van der Waals surface area contributed by atoms with E-state index in [9.17, 15) is 19.8 Å². The Kier molecular flexibility index (Phi) is 11.0. The summed E-state index contributed by atoms with van der Waals surface area (Å²) in [6.45, 7) is 9.94. The zero-order valence-electron chi connectivity index (χ0n) is 30.7. The number of fused-ring (bicyclic) bond motifs is 4. The van der Waals surface area contributed by atoms with Crippen LogP contribution in [0.1, 0.15) is 63.6 Å². The number of ether oxygens (including phenoxy) is 4. The summed E-state index contributed by atoms with van der Waals surface area (Å²) in [5.41, 5.74) is 2.87. The fourth-order valence-electron chi connectivity index (χ4n) is 6.43. The van der Waals surface area contributed by atoms with Crippen molar-refractivity contribution in [2.75, 3.05) is 27.0 Å². The third kappa shape index (κ3) is 8.27. The summed E-state index contributed by atoms with van der Waals surface area (Å²) in [4.78, 5) is 26.8. The molecule has 276 valence electrons. The number of hydrogen-bond donors (Lipinski definition) is 2. The number of allylic oxidation sites excluding steroid dienone is 4. The number of amides is 1. The van der Waals surface area contributed by atoms with Crippen molar-refractivity contribution < 1.29 is 38.4 Å². The van der Waals surface area contributed by atoms with Gasteiger partial charge in [-0.1, -0.05) is 48.1 Å². The first-order valence-corrected chi connectivity index (χ1v) is 17.7. The lowest BCUT2D eigenvalue weighted by atomic mass is 9.93. The second-order valence-electron chi connectivity index (χ2n) is 13.9. The zero-order valence-corrected chi connectivity index (χ0v) is 30.7. The summed E-state index contributed by atoms with van der Waals surface area (Å²) in [5, 5.41) is 21.2. The van der Waals surface area contributed by atoms with Crippen LogP contribution >= 0.6 is 0 Å². The van der Waals surface area contributed by atoms with Crippen LogP contribution in [0.15, 0.2) is 87.6 Å². The van der Waals surface area contributed by atoms with E-state index in [1.54, 1.807) is 24.3 Å². The van der Waals surface area contributed by atoms with E-state index in [-0.39, 0.29) is 35.3 Å². The number of rotatable bonds is 7. The SMILES string of the molecule is COc1c(CC=C(C)C)c2c(c3oc(=O)c(-c4ccc(O)cc4)c(O)c13)C=CC(C)(C)O2.O=C(C=CC=Cc1ccc2c(c1)OCO2)N1CCCCC1. The van der Waals surface area contributed by atoms with Crippen LogP contribution in [0.25, 0.3) is 34.2 Å². The third-order valence-electron chi connectivity index (χ3n) is 9.16. The average molecular weight is 720 g/mol. The van der Waals surface area contributed by atoms with Crippen LogP contribution in [0.3, 0.4) is 0 Å². The molecule has 4 heterocycles. The Labute approximate surface area is 308 Å². The van der Waals surface area contributed by atoms with Gasteiger partial charge in [0, 0.05) is 24.7 Å². The molecule has 1 fully saturated rings. The molecule has 0 atom stereocenters. The molecule has 0 unspecified atom stereocenters. The number of carbonyl (C=O) groups is 1. The van der Waals surface area contributed by atoms with E-state index in [0.29, 0.717) is 34.4 Å². The number of benzene rings is 3. The van der Waals surface area contributed by atoms with Gasteiger partial charge in [0.05, 0.1) is 12.7 Å². The van der Waals surface area contributed by atoms with Gasteiger partial charge in [-0.3, -0.25) is 4.79 Å². The highest BCUT2D eigenvalue weighted by Gasteiger charge is 2.32. The summed E-state index contributed by atoms with van der Waals surface area (Å²) in [6, 6.07) is 11.8. The normalized spacial score (nSPS) is 15.5. The van der Waals surface area contributed by atoms with Crippen LogP contribution in [-0.2, 0) is 11.2 Å². The smallest absolute Gasteiger partial charge is 0.348 e. The van der Waals surface area contributed by atoms with Gasteiger partial charge in [0.15, 0.2) is 17.1 Å². The maximum atomic E-state index is 12.9. The number of hydrogen-bond acceptors (Lipinski definition) is 9. The number of nitrogens with zero attached hydrogens (tertiary/aromatic N) is 1. The number of phenols is 1. The lowest BCUT2D eigenvalue weighted by molar-refractivity contribution is -0.126. The molecule has 0 spiro atoms. The highest BCUT2D eigenvalue weighted by atomic mass is 16.7. The van der Waals surface area contributed by atoms with Crippen LogP contribution in [-0.4, -0.2) is 53.6 Å². The molecule has 4 aromatic rings. The zero-order chi connectivity index (χ0) is 37.7. The van der Waals surface area contributed by atoms with Gasteiger partial charge in [-0.05, 0) is 101 Å². The molecule has 53 heavy (non-hydrogen) atoms. The predicted octanol–water partition coefficient (Wildman–Crippen LogP) is 8.57. The Morgan fingerprint density at radius 2 is 1.72 bits per heavy atom. The Hall–Kier alpha value is -5.90. The Morgan fingerprint density at radius 3 is 2.43 bits per heavy atom. The van der Waals surface area contributed by atoms with Crippen molar-refractivity contribution in [3.05, 3.63) is 106 Å². The van der Waals surface area contributed by atoms with Gasteiger partial charge in [0.25, 0.3) is 0 Å². The average Bonchev–Trinajstić information content (AvgIpc) is 3.61. The second kappa shape index (κ2) is 15.8. The fourth-order valence-corrected chi connectivity index (χ4v) is 6.43. The molecule has 0 aliphatic carbocycles. The highest BCUT2D eigenvalue weighted by Crippen LogP contribution is 2.49. The van der Waals surface area contributed by atoms with Crippen LogP contribution in [0.4, 0.5) is 0 Å². The molecule has 2 N–H and O–H groups in total. The molecule has 1 saturated heterocycles. The molecule has 3 aliphatic rings. The van der Waals surface area contributed by atoms with E-state index in [4.69, 9.17) is 23.4 Å². The van der Waals surface area contributed by atoms with Gasteiger partial charge < -0.3 is 38.5 Å². The standard InChI is InChI=1S/C26H26O6.C17H19NO3/c1-14(2)6-11-17-22-18(12-13-26(3,4)32-22)24-20(23(17)30-5)21(28)19(25(29)31-24)15-7-9-16(27)10-8-15;19-17(18-10-4-1-5-11-18)7-3-2-6-14-8-9-15-16(12-14)21-13-20-15/h6-10,12-13,27-28H,11H2,1-5H3;2-3,6-9,12H,1,4-5,10-11,13H2. The van der Waals surface area contributed by atoms with E-state index >= 15 is 0 Å². The summed E-state index contributed by atoms with van der Waals surface area (Å²) >= 11 is 0. The van der Waals surface area contributed by atoms with Crippen molar-refractivity contribution in [1.82, 2.24) is 4.90 Å². The number of piperidine rings is 1. The van der Waals surface area contributed by atoms with E-state index in [2.05, 4.69) is 6.08 Å². The first-order valence-electron chi connectivity index (χ1n) is 17.7. The molecule has 3 aliphatic heterocycles. The largest absolute Gasteiger partial charge is 0.508 e. The molecule has 3 aromatic carbocycles. The number of aromatic hydroxyl groups is 2. The number of phenolic OH excluding ortho intramolecular Hbond substituents is 1. The van der Waals surface area contributed by atoms with Crippen molar-refractivity contribution in [3.8, 4) is 45.6 Å². The minimum absolute atomic E-state index is 0.00458. The predicted molar refractivity (Wildman–Crippen MR) is 206 cm³/mol. The molecule has 0 saturated carbocycles. The van der Waals surface area contributed by atoms with Crippen LogP contribution in [0.5, 0.6) is 34.5 Å². The van der Waals surface area contributed by atoms with Crippen molar-refractivity contribution in [1.29, 1.82) is 0 Å². The highest BCUT2D eigenvalue weighted by molar-refractivity contribution is 6.02. The van der Waals surface area contributed by atoms with Crippen molar-refractivity contribution >= 4 is 29.0 Å². The fraction of sp³-hybridized carbons (Fsp3) is 0.302. The Morgan fingerprint density at radius 1 is 0.981 bits per heavy atom.